The van der Waals surface area contributed by atoms with Gasteiger partial charge in [-0.15, -0.1) is 0 Å². The maximum absolute atomic E-state index is 12.8. The second-order valence-corrected chi connectivity index (χ2v) is 8.13. The molecule has 0 aliphatic carbocycles. The molecule has 0 saturated carbocycles. The predicted molar refractivity (Wildman–Crippen MR) is 116 cm³/mol. The number of hydrogen-bond acceptors (Lipinski definition) is 6. The number of alkyl carbamates (subject to hydrolysis) is 1. The molecule has 1 N–H and O–H groups in total. The van der Waals surface area contributed by atoms with Crippen molar-refractivity contribution in [1.82, 2.24) is 5.32 Å². The average Bonchev–Trinajstić information content (AvgIpc) is 3.18. The number of esters is 1. The van der Waals surface area contributed by atoms with Gasteiger partial charge in [0.05, 0.1) is 0 Å². The Morgan fingerprint density at radius 1 is 1.10 bits per heavy atom. The first-order chi connectivity index (χ1) is 14.7. The Morgan fingerprint density at radius 3 is 2.52 bits per heavy atom. The molecule has 0 aromatic heterocycles. The normalized spacial score (nSPS) is 14.0. The Hall–Kier alpha value is -3.48. The summed E-state index contributed by atoms with van der Waals surface area (Å²) in [6.07, 6.45) is 0.929. The van der Waals surface area contributed by atoms with Crippen LogP contribution in [0.3, 0.4) is 0 Å². The van der Waals surface area contributed by atoms with Crippen molar-refractivity contribution >= 4 is 17.6 Å². The number of amides is 1. The lowest BCUT2D eigenvalue weighted by Crippen LogP contribution is -2.43. The van der Waals surface area contributed by atoms with E-state index < -0.39 is 23.7 Å². The molecule has 0 spiro atoms. The first kappa shape index (κ1) is 22.2. The number of rotatable bonds is 6. The van der Waals surface area contributed by atoms with E-state index in [-0.39, 0.29) is 13.4 Å². The number of benzene rings is 2. The van der Waals surface area contributed by atoms with Gasteiger partial charge in [-0.1, -0.05) is 36.4 Å². The number of nitrogens with one attached hydrogen (secondary N) is 1. The smallest absolute Gasteiger partial charge is 0.408 e. The summed E-state index contributed by atoms with van der Waals surface area (Å²) in [4.78, 5) is 25.1. The standard InChI is InChI=1S/C24H27NO6/c1-16(18-10-11-20-21(13-18)30-15-29-20)12-19(25-23(27)31-24(2,3)4)22(26)28-14-17-8-6-5-7-9-17/h5-13,19H,14-15H2,1-4H3,(H,25,27)/b16-12+. The van der Waals surface area contributed by atoms with E-state index in [0.717, 1.165) is 16.7 Å². The van der Waals surface area contributed by atoms with Crippen LogP contribution in [0.5, 0.6) is 11.5 Å². The zero-order valence-electron chi connectivity index (χ0n) is 18.1. The summed E-state index contributed by atoms with van der Waals surface area (Å²) < 4.78 is 21.5. The molecule has 0 saturated heterocycles. The van der Waals surface area contributed by atoms with Gasteiger partial charge in [0.1, 0.15) is 18.2 Å². The largest absolute Gasteiger partial charge is 0.459 e. The van der Waals surface area contributed by atoms with Crippen molar-refractivity contribution in [2.45, 2.75) is 45.9 Å². The van der Waals surface area contributed by atoms with E-state index in [9.17, 15) is 9.59 Å². The summed E-state index contributed by atoms with van der Waals surface area (Å²) in [5.41, 5.74) is 1.74. The first-order valence-corrected chi connectivity index (χ1v) is 10.00. The van der Waals surface area contributed by atoms with Crippen LogP contribution in [-0.2, 0) is 20.9 Å². The number of ether oxygens (including phenoxy) is 4. The first-order valence-electron chi connectivity index (χ1n) is 10.00. The summed E-state index contributed by atoms with van der Waals surface area (Å²) >= 11 is 0. The summed E-state index contributed by atoms with van der Waals surface area (Å²) in [7, 11) is 0. The molecule has 31 heavy (non-hydrogen) atoms. The lowest BCUT2D eigenvalue weighted by Gasteiger charge is -2.22. The molecule has 0 bridgehead atoms. The van der Waals surface area contributed by atoms with Crippen LogP contribution >= 0.6 is 0 Å². The second-order valence-electron chi connectivity index (χ2n) is 8.13. The molecule has 1 heterocycles. The summed E-state index contributed by atoms with van der Waals surface area (Å²) in [5, 5.41) is 2.59. The van der Waals surface area contributed by atoms with Gasteiger partial charge in [-0.3, -0.25) is 0 Å². The molecule has 3 rings (SSSR count). The van der Waals surface area contributed by atoms with Crippen LogP contribution in [0.15, 0.2) is 54.6 Å². The Bertz CT molecular complexity index is 962. The second kappa shape index (κ2) is 9.55. The number of fused-ring (bicyclic) bond motifs is 1. The Labute approximate surface area is 181 Å². The quantitative estimate of drug-likeness (QED) is 0.689. The van der Waals surface area contributed by atoms with Crippen LogP contribution in [0.2, 0.25) is 0 Å². The summed E-state index contributed by atoms with van der Waals surface area (Å²) in [6.45, 7) is 7.38. The van der Waals surface area contributed by atoms with Crippen LogP contribution in [0.4, 0.5) is 4.79 Å². The lowest BCUT2D eigenvalue weighted by molar-refractivity contribution is -0.146. The SMILES string of the molecule is C/C(=C\C(NC(=O)OC(C)(C)C)C(=O)OCc1ccccc1)c1ccc2c(c1)OCO2. The van der Waals surface area contributed by atoms with E-state index in [1.165, 1.54) is 0 Å². The topological polar surface area (TPSA) is 83.1 Å². The van der Waals surface area contributed by atoms with Gasteiger partial charge in [0.25, 0.3) is 0 Å². The minimum atomic E-state index is -1.02. The highest BCUT2D eigenvalue weighted by Gasteiger charge is 2.25. The molecule has 7 nitrogen and oxygen atoms in total. The van der Waals surface area contributed by atoms with Crippen LogP contribution < -0.4 is 14.8 Å². The van der Waals surface area contributed by atoms with Gasteiger partial charge in [-0.05, 0) is 62.6 Å². The Morgan fingerprint density at radius 2 is 1.81 bits per heavy atom. The van der Waals surface area contributed by atoms with E-state index in [1.807, 2.05) is 49.4 Å². The minimum absolute atomic E-state index is 0.100. The van der Waals surface area contributed by atoms with Gasteiger partial charge in [-0.2, -0.15) is 0 Å². The molecule has 1 aliphatic rings. The molecule has 0 fully saturated rings. The molecule has 1 amide bonds. The van der Waals surface area contributed by atoms with Gasteiger partial charge in [0.2, 0.25) is 6.79 Å². The number of carbonyl (C=O) groups excluding carboxylic acids is 2. The molecule has 1 unspecified atom stereocenters. The Balaban J connectivity index is 1.77. The Kier molecular flexibility index (Phi) is 6.84. The lowest BCUT2D eigenvalue weighted by atomic mass is 10.0. The molecule has 1 atom stereocenters. The van der Waals surface area contributed by atoms with Gasteiger partial charge in [-0.25, -0.2) is 9.59 Å². The average molecular weight is 425 g/mol. The summed E-state index contributed by atoms with van der Waals surface area (Å²) in [6, 6.07) is 13.8. The number of hydrogen-bond donors (Lipinski definition) is 1. The van der Waals surface area contributed by atoms with Crippen molar-refractivity contribution < 1.29 is 28.5 Å². The van der Waals surface area contributed by atoms with E-state index in [4.69, 9.17) is 18.9 Å². The van der Waals surface area contributed by atoms with Gasteiger partial charge < -0.3 is 24.3 Å². The molecule has 7 heteroatoms. The molecule has 164 valence electrons. The molecule has 0 radical (unpaired) electrons. The monoisotopic (exact) mass is 425 g/mol. The zero-order valence-corrected chi connectivity index (χ0v) is 18.1. The van der Waals surface area contributed by atoms with Crippen molar-refractivity contribution in [3.05, 3.63) is 65.7 Å². The maximum atomic E-state index is 12.8. The highest BCUT2D eigenvalue weighted by atomic mass is 16.7. The van der Waals surface area contributed by atoms with Crippen LogP contribution in [0, 0.1) is 0 Å². The van der Waals surface area contributed by atoms with Gasteiger partial charge in [0, 0.05) is 0 Å². The van der Waals surface area contributed by atoms with E-state index in [1.54, 1.807) is 32.9 Å². The number of carbonyl (C=O) groups is 2. The van der Waals surface area contributed by atoms with Gasteiger partial charge >= 0.3 is 12.1 Å². The highest BCUT2D eigenvalue weighted by molar-refractivity contribution is 5.85. The predicted octanol–water partition coefficient (Wildman–Crippen LogP) is 4.46. The molecule has 2 aromatic carbocycles. The van der Waals surface area contributed by atoms with E-state index in [2.05, 4.69) is 5.32 Å². The van der Waals surface area contributed by atoms with Crippen LogP contribution in [0.1, 0.15) is 38.8 Å². The van der Waals surface area contributed by atoms with Crippen molar-refractivity contribution in [3.63, 3.8) is 0 Å². The fourth-order valence-corrected chi connectivity index (χ4v) is 2.91. The fourth-order valence-electron chi connectivity index (χ4n) is 2.91. The molecule has 1 aliphatic heterocycles. The van der Waals surface area contributed by atoms with Crippen LogP contribution in [-0.4, -0.2) is 30.5 Å². The minimum Gasteiger partial charge on any atom is -0.459 e. The van der Waals surface area contributed by atoms with E-state index in [0.29, 0.717) is 11.5 Å². The van der Waals surface area contributed by atoms with Crippen molar-refractivity contribution in [2.24, 2.45) is 0 Å². The van der Waals surface area contributed by atoms with Crippen molar-refractivity contribution in [1.29, 1.82) is 0 Å². The van der Waals surface area contributed by atoms with E-state index >= 15 is 0 Å². The maximum Gasteiger partial charge on any atom is 0.408 e. The molecular weight excluding hydrogens is 398 g/mol. The molecular formula is C24H27NO6. The zero-order chi connectivity index (χ0) is 22.4. The third kappa shape index (κ3) is 6.50. The number of allylic oxidation sites excluding steroid dienone is 1. The third-order valence-electron chi connectivity index (χ3n) is 4.39. The van der Waals surface area contributed by atoms with Crippen LogP contribution in [0.25, 0.3) is 5.57 Å². The van der Waals surface area contributed by atoms with Crippen molar-refractivity contribution in [3.8, 4) is 11.5 Å². The van der Waals surface area contributed by atoms with Crippen molar-refractivity contribution in [2.75, 3.05) is 6.79 Å². The highest BCUT2D eigenvalue weighted by Crippen LogP contribution is 2.34. The summed E-state index contributed by atoms with van der Waals surface area (Å²) in [5.74, 6) is 0.714. The fraction of sp³-hybridized carbons (Fsp3) is 0.333. The molecule has 2 aromatic rings. The third-order valence-corrected chi connectivity index (χ3v) is 4.39. The van der Waals surface area contributed by atoms with Gasteiger partial charge in [0.15, 0.2) is 11.5 Å².